The van der Waals surface area contributed by atoms with Crippen LogP contribution in [0.5, 0.6) is 0 Å². The van der Waals surface area contributed by atoms with Crippen LogP contribution in [0.3, 0.4) is 0 Å². The number of ether oxygens (including phenoxy) is 7. The predicted molar refractivity (Wildman–Crippen MR) is 212 cm³/mol. The SMILES string of the molecule is C[C@H]1CC[C@]2(NC1)O[C@H]1C[C@H]3[C@@H]4CC[C@H]5C[C@@H](O[C@@H]6O[C@H](CO)[C@H](O[C@@H]7O[C@H](CO)[C@@H](O)[C@H](O[C@@H]8OC[C@@H](O)[C@H](O)[C@H]8O)[C@H]7O)[C@H](O)[C@H]6O)CC[C@]5(C)[C@H]4CC[C@]3(C)[C@H]1[C@@H]2C. The third kappa shape index (κ3) is 7.58. The molecule has 1 spiro atoms. The average Bonchev–Trinajstić information content (AvgIpc) is 3.69. The van der Waals surface area contributed by atoms with Crippen LogP contribution in [-0.4, -0.2) is 176 Å². The van der Waals surface area contributed by atoms with Gasteiger partial charge in [0.15, 0.2) is 18.9 Å². The third-order valence-corrected chi connectivity index (χ3v) is 18.1. The average molecular weight is 872 g/mol. The number of aliphatic hydroxyl groups is 9. The zero-order chi connectivity index (χ0) is 43.3. The van der Waals surface area contributed by atoms with Gasteiger partial charge in [0, 0.05) is 12.5 Å². The highest BCUT2D eigenvalue weighted by Crippen LogP contribution is 2.71. The molecule has 61 heavy (non-hydrogen) atoms. The Labute approximate surface area is 358 Å². The lowest BCUT2D eigenvalue weighted by molar-refractivity contribution is -0.378. The Morgan fingerprint density at radius 3 is 2.05 bits per heavy atom. The van der Waals surface area contributed by atoms with Gasteiger partial charge in [-0.3, -0.25) is 5.32 Å². The number of hydrogen-bond acceptors (Lipinski definition) is 17. The lowest BCUT2D eigenvalue weighted by Gasteiger charge is -2.61. The van der Waals surface area contributed by atoms with Crippen molar-refractivity contribution in [3.05, 3.63) is 0 Å². The summed E-state index contributed by atoms with van der Waals surface area (Å²) in [6, 6.07) is 0. The monoisotopic (exact) mass is 871 g/mol. The molecule has 9 rings (SSSR count). The van der Waals surface area contributed by atoms with Gasteiger partial charge in [-0.15, -0.1) is 0 Å². The molecule has 0 unspecified atom stereocenters. The Balaban J connectivity index is 0.815. The van der Waals surface area contributed by atoms with E-state index in [-0.39, 0.29) is 22.7 Å². The van der Waals surface area contributed by atoms with Crippen molar-refractivity contribution in [3.8, 4) is 0 Å². The van der Waals surface area contributed by atoms with E-state index in [9.17, 15) is 46.0 Å². The van der Waals surface area contributed by atoms with Gasteiger partial charge in [-0.05, 0) is 111 Å². The van der Waals surface area contributed by atoms with E-state index in [0.717, 1.165) is 45.1 Å². The molecule has 350 valence electrons. The zero-order valence-corrected chi connectivity index (χ0v) is 36.1. The maximum Gasteiger partial charge on any atom is 0.187 e. The van der Waals surface area contributed by atoms with E-state index in [4.69, 9.17) is 33.2 Å². The number of aliphatic hydroxyl groups excluding tert-OH is 9. The molecule has 0 radical (unpaired) electrons. The summed E-state index contributed by atoms with van der Waals surface area (Å²) in [5.41, 5.74) is 0.283. The Bertz CT molecular complexity index is 1520. The summed E-state index contributed by atoms with van der Waals surface area (Å²) in [6.07, 6.45) is -10.8. The number of fused-ring (bicyclic) bond motifs is 7. The molecule has 0 amide bonds. The van der Waals surface area contributed by atoms with Gasteiger partial charge in [-0.1, -0.05) is 27.7 Å². The molecule has 0 aromatic rings. The first kappa shape index (κ1) is 45.5. The fourth-order valence-corrected chi connectivity index (χ4v) is 14.6. The molecule has 9 aliphatic rings. The van der Waals surface area contributed by atoms with Gasteiger partial charge in [0.25, 0.3) is 0 Å². The van der Waals surface area contributed by atoms with Gasteiger partial charge in [0.1, 0.15) is 72.9 Å². The molecule has 5 saturated heterocycles. The summed E-state index contributed by atoms with van der Waals surface area (Å²) in [7, 11) is 0. The topological polar surface area (TPSA) is 259 Å². The second kappa shape index (κ2) is 17.2. The molecular weight excluding hydrogens is 798 g/mol. The highest BCUT2D eigenvalue weighted by Gasteiger charge is 2.69. The smallest absolute Gasteiger partial charge is 0.187 e. The maximum atomic E-state index is 11.4. The molecule has 9 fully saturated rings. The van der Waals surface area contributed by atoms with Crippen LogP contribution in [0.25, 0.3) is 0 Å². The van der Waals surface area contributed by atoms with Crippen molar-refractivity contribution >= 4 is 0 Å². The summed E-state index contributed by atoms with van der Waals surface area (Å²) in [5.74, 6) is 4.17. The minimum absolute atomic E-state index is 0.166. The molecular formula is C44H73NO16. The molecule has 0 aromatic heterocycles. The molecule has 0 bridgehead atoms. The fourth-order valence-electron chi connectivity index (χ4n) is 14.6. The minimum atomic E-state index is -1.82. The van der Waals surface area contributed by atoms with E-state index in [1.807, 2.05) is 0 Å². The molecule has 5 heterocycles. The standard InChI is InChI=1S/C44H73NO16/c1-19-7-12-44(45-15-19)20(2)30-27(61-44)14-25-23-6-5-21-13-22(8-10-42(21,3)24(23)9-11-43(25,30)4)56-40-35(53)33(51)37(29(17-47)58-40)59-41-36(54)38(32(50)28(16-46)57-41)60-39-34(52)31(49)26(48)18-55-39/h19-41,45-54H,5-18H2,1-4H3/t19-,20-,21-,22-,23+,24-,25-,26+,27-,28+,29+,30-,31-,32+,33+,34+,35+,36+,37-,38-,39-,40+,41-,42-,43-,44-/m0/s1. The Morgan fingerprint density at radius 2 is 1.33 bits per heavy atom. The van der Waals surface area contributed by atoms with Crippen molar-refractivity contribution in [1.82, 2.24) is 5.32 Å². The lowest BCUT2D eigenvalue weighted by Crippen LogP contribution is -2.66. The van der Waals surface area contributed by atoms with Crippen molar-refractivity contribution < 1.29 is 79.1 Å². The second-order valence-corrected chi connectivity index (χ2v) is 21.2. The van der Waals surface area contributed by atoms with Crippen molar-refractivity contribution in [2.45, 2.75) is 196 Å². The van der Waals surface area contributed by atoms with Gasteiger partial charge in [-0.2, -0.15) is 0 Å². The van der Waals surface area contributed by atoms with Crippen molar-refractivity contribution in [2.75, 3.05) is 26.4 Å². The molecule has 4 saturated carbocycles. The molecule has 5 aliphatic heterocycles. The molecule has 10 N–H and O–H groups in total. The highest BCUT2D eigenvalue weighted by molar-refractivity contribution is 5.16. The number of rotatable bonds is 8. The third-order valence-electron chi connectivity index (χ3n) is 18.1. The highest BCUT2D eigenvalue weighted by atomic mass is 16.8. The van der Waals surface area contributed by atoms with Crippen LogP contribution in [0.1, 0.15) is 91.9 Å². The van der Waals surface area contributed by atoms with Crippen molar-refractivity contribution in [2.24, 2.45) is 52.3 Å². The van der Waals surface area contributed by atoms with Gasteiger partial charge in [-0.25, -0.2) is 0 Å². The van der Waals surface area contributed by atoms with Crippen LogP contribution in [0.4, 0.5) is 0 Å². The van der Waals surface area contributed by atoms with E-state index >= 15 is 0 Å². The number of nitrogens with one attached hydrogen (secondary N) is 1. The summed E-state index contributed by atoms with van der Waals surface area (Å²) >= 11 is 0. The van der Waals surface area contributed by atoms with Gasteiger partial charge < -0.3 is 79.1 Å². The minimum Gasteiger partial charge on any atom is -0.394 e. The van der Waals surface area contributed by atoms with Gasteiger partial charge in [0.2, 0.25) is 0 Å². The van der Waals surface area contributed by atoms with Gasteiger partial charge in [0.05, 0.1) is 32.0 Å². The van der Waals surface area contributed by atoms with E-state index < -0.39 is 106 Å². The van der Waals surface area contributed by atoms with Crippen molar-refractivity contribution in [1.29, 1.82) is 0 Å². The molecule has 4 aliphatic carbocycles. The van der Waals surface area contributed by atoms with E-state index in [0.29, 0.717) is 47.5 Å². The Hall–Kier alpha value is -0.680. The number of hydrogen-bond donors (Lipinski definition) is 10. The van der Waals surface area contributed by atoms with Gasteiger partial charge >= 0.3 is 0 Å². The van der Waals surface area contributed by atoms with Crippen LogP contribution in [-0.2, 0) is 33.2 Å². The fraction of sp³-hybridized carbons (Fsp3) is 1.00. The quantitative estimate of drug-likeness (QED) is 0.138. The first-order chi connectivity index (χ1) is 29.0. The first-order valence-electron chi connectivity index (χ1n) is 23.3. The second-order valence-electron chi connectivity index (χ2n) is 21.2. The molecule has 26 atom stereocenters. The number of piperidine rings is 1. The van der Waals surface area contributed by atoms with Crippen LogP contribution in [0, 0.1) is 52.3 Å². The maximum absolute atomic E-state index is 11.4. The summed E-state index contributed by atoms with van der Waals surface area (Å²) in [5, 5.41) is 99.6. The summed E-state index contributed by atoms with van der Waals surface area (Å²) < 4.78 is 42.1. The predicted octanol–water partition coefficient (Wildman–Crippen LogP) is -0.521. The largest absolute Gasteiger partial charge is 0.394 e. The van der Waals surface area contributed by atoms with E-state index in [2.05, 4.69) is 33.0 Å². The van der Waals surface area contributed by atoms with Crippen LogP contribution in [0.15, 0.2) is 0 Å². The normalized spacial score (nSPS) is 58.5. The van der Waals surface area contributed by atoms with E-state index in [1.165, 1.54) is 25.7 Å². The van der Waals surface area contributed by atoms with Crippen LogP contribution < -0.4 is 5.32 Å². The molecule has 17 nitrogen and oxygen atoms in total. The first-order valence-corrected chi connectivity index (χ1v) is 23.3. The summed E-state index contributed by atoms with van der Waals surface area (Å²) in [6.45, 7) is 9.11. The Morgan fingerprint density at radius 1 is 0.639 bits per heavy atom. The van der Waals surface area contributed by atoms with E-state index in [1.54, 1.807) is 0 Å². The van der Waals surface area contributed by atoms with Crippen LogP contribution >= 0.6 is 0 Å². The summed E-state index contributed by atoms with van der Waals surface area (Å²) in [4.78, 5) is 0. The van der Waals surface area contributed by atoms with Crippen molar-refractivity contribution in [3.63, 3.8) is 0 Å². The molecule has 17 heteroatoms. The lowest BCUT2D eigenvalue weighted by atomic mass is 9.44. The molecule has 0 aromatic carbocycles. The Kier molecular flexibility index (Phi) is 12.8. The van der Waals surface area contributed by atoms with Crippen LogP contribution in [0.2, 0.25) is 0 Å². The zero-order valence-electron chi connectivity index (χ0n) is 36.1.